The third kappa shape index (κ3) is 2.76. The molecular weight excluding hydrogens is 346 g/mol. The highest BCUT2D eigenvalue weighted by Gasteiger charge is 2.33. The summed E-state index contributed by atoms with van der Waals surface area (Å²) in [6, 6.07) is 23.3. The summed E-state index contributed by atoms with van der Waals surface area (Å²) in [6.07, 6.45) is 0.548. The summed E-state index contributed by atoms with van der Waals surface area (Å²) in [5.41, 5.74) is 3.41. The molecule has 1 atom stereocenters. The van der Waals surface area contributed by atoms with Crippen molar-refractivity contribution in [1.29, 1.82) is 0 Å². The van der Waals surface area contributed by atoms with E-state index in [1.165, 1.54) is 16.3 Å². The van der Waals surface area contributed by atoms with E-state index in [9.17, 15) is 4.79 Å². The number of aromatic nitrogens is 2. The van der Waals surface area contributed by atoms with Crippen LogP contribution in [-0.4, -0.2) is 33.4 Å². The molecule has 0 saturated carbocycles. The minimum absolute atomic E-state index is 0.148. The highest BCUT2D eigenvalue weighted by Crippen LogP contribution is 2.31. The van der Waals surface area contributed by atoms with Gasteiger partial charge in [-0.25, -0.2) is 4.98 Å². The van der Waals surface area contributed by atoms with Gasteiger partial charge in [0.25, 0.3) is 0 Å². The number of amides is 1. The van der Waals surface area contributed by atoms with Gasteiger partial charge in [0.05, 0.1) is 11.0 Å². The van der Waals surface area contributed by atoms with Crippen LogP contribution in [0.25, 0.3) is 21.8 Å². The number of imidazole rings is 1. The van der Waals surface area contributed by atoms with Crippen LogP contribution < -0.4 is 0 Å². The van der Waals surface area contributed by atoms with E-state index in [1.807, 2.05) is 17.9 Å². The van der Waals surface area contributed by atoms with Crippen LogP contribution in [0.15, 0.2) is 66.7 Å². The van der Waals surface area contributed by atoms with E-state index >= 15 is 0 Å². The van der Waals surface area contributed by atoms with Crippen LogP contribution in [0, 0.1) is 0 Å². The van der Waals surface area contributed by atoms with Crippen molar-refractivity contribution in [3.05, 3.63) is 78.1 Å². The summed E-state index contributed by atoms with van der Waals surface area (Å²) >= 11 is 0. The quantitative estimate of drug-likeness (QED) is 0.528. The molecule has 0 aliphatic carbocycles. The number of carbonyl (C=O) groups excluding carboxylic acids is 1. The van der Waals surface area contributed by atoms with Crippen molar-refractivity contribution in [2.75, 3.05) is 13.1 Å². The Bertz CT molecular complexity index is 1170. The Morgan fingerprint density at radius 1 is 1.00 bits per heavy atom. The van der Waals surface area contributed by atoms with Crippen molar-refractivity contribution in [2.24, 2.45) is 0 Å². The third-order valence-corrected chi connectivity index (χ3v) is 5.85. The fourth-order valence-corrected chi connectivity index (χ4v) is 4.42. The van der Waals surface area contributed by atoms with Crippen LogP contribution in [-0.2, 0) is 11.3 Å². The summed E-state index contributed by atoms with van der Waals surface area (Å²) in [6.45, 7) is 4.32. The number of benzene rings is 3. The van der Waals surface area contributed by atoms with Gasteiger partial charge in [0.2, 0.25) is 5.91 Å². The maximum atomic E-state index is 12.3. The number of carbonyl (C=O) groups is 1. The van der Waals surface area contributed by atoms with E-state index in [-0.39, 0.29) is 11.8 Å². The first-order valence-electron chi connectivity index (χ1n) is 9.94. The van der Waals surface area contributed by atoms with Gasteiger partial charge in [-0.3, -0.25) is 4.79 Å². The van der Waals surface area contributed by atoms with E-state index in [4.69, 9.17) is 4.98 Å². The maximum absolute atomic E-state index is 12.3. The number of likely N-dealkylation sites (tertiary alicyclic amines) is 1. The zero-order valence-corrected chi connectivity index (χ0v) is 16.0. The Morgan fingerprint density at radius 3 is 2.64 bits per heavy atom. The van der Waals surface area contributed by atoms with E-state index < -0.39 is 0 Å². The van der Waals surface area contributed by atoms with Gasteiger partial charge in [0.1, 0.15) is 5.82 Å². The molecule has 5 rings (SSSR count). The predicted molar refractivity (Wildman–Crippen MR) is 112 cm³/mol. The molecule has 1 aliphatic rings. The van der Waals surface area contributed by atoms with Crippen LogP contribution in [0.4, 0.5) is 0 Å². The zero-order chi connectivity index (χ0) is 19.1. The van der Waals surface area contributed by atoms with Crippen LogP contribution >= 0.6 is 0 Å². The van der Waals surface area contributed by atoms with Gasteiger partial charge in [-0.15, -0.1) is 0 Å². The lowest BCUT2D eigenvalue weighted by Crippen LogP contribution is -2.24. The number of nitrogens with zero attached hydrogens (tertiary/aromatic N) is 3. The largest absolute Gasteiger partial charge is 0.342 e. The molecule has 1 aromatic heterocycles. The minimum Gasteiger partial charge on any atom is -0.342 e. The first-order valence-corrected chi connectivity index (χ1v) is 9.94. The molecule has 0 N–H and O–H groups in total. The molecule has 4 nitrogen and oxygen atoms in total. The zero-order valence-electron chi connectivity index (χ0n) is 16.0. The number of para-hydroxylation sites is 2. The molecule has 1 saturated heterocycles. The molecule has 4 heteroatoms. The third-order valence-electron chi connectivity index (χ3n) is 5.85. The Kier molecular flexibility index (Phi) is 4.12. The first kappa shape index (κ1) is 17.0. The molecule has 3 aromatic carbocycles. The highest BCUT2D eigenvalue weighted by atomic mass is 16.2. The van der Waals surface area contributed by atoms with Crippen LogP contribution in [0.2, 0.25) is 0 Å². The van der Waals surface area contributed by atoms with Gasteiger partial charge in [0, 0.05) is 32.0 Å². The molecular formula is C24H23N3O. The fraction of sp³-hybridized carbons (Fsp3) is 0.250. The molecule has 2 heterocycles. The van der Waals surface area contributed by atoms with Gasteiger partial charge in [-0.2, -0.15) is 0 Å². The standard InChI is InChI=1S/C24H23N3O/c1-2-26-15-19(14-23(26)28)24-25-21-12-5-6-13-22(21)27(24)16-18-10-7-9-17-8-3-4-11-20(17)18/h3-13,19H,2,14-16H2,1H3. The smallest absolute Gasteiger partial charge is 0.223 e. The van der Waals surface area contributed by atoms with Crippen molar-refractivity contribution in [3.63, 3.8) is 0 Å². The molecule has 0 radical (unpaired) electrons. The van der Waals surface area contributed by atoms with Crippen molar-refractivity contribution < 1.29 is 4.79 Å². The molecule has 1 fully saturated rings. The van der Waals surface area contributed by atoms with Crippen LogP contribution in [0.3, 0.4) is 0 Å². The minimum atomic E-state index is 0.148. The lowest BCUT2D eigenvalue weighted by Gasteiger charge is -2.16. The van der Waals surface area contributed by atoms with Crippen LogP contribution in [0.1, 0.15) is 30.7 Å². The van der Waals surface area contributed by atoms with Crippen molar-refractivity contribution in [1.82, 2.24) is 14.5 Å². The predicted octanol–water partition coefficient (Wildman–Crippen LogP) is 4.57. The SMILES string of the molecule is CCN1CC(c2nc3ccccc3n2Cc2cccc3ccccc23)CC1=O. The summed E-state index contributed by atoms with van der Waals surface area (Å²) < 4.78 is 2.31. The normalized spacial score (nSPS) is 17.1. The van der Waals surface area contributed by atoms with Gasteiger partial charge in [-0.1, -0.05) is 54.6 Å². The molecule has 1 amide bonds. The average molecular weight is 369 g/mol. The topological polar surface area (TPSA) is 38.1 Å². The fourth-order valence-electron chi connectivity index (χ4n) is 4.42. The Hall–Kier alpha value is -3.14. The van der Waals surface area contributed by atoms with E-state index in [2.05, 4.69) is 65.2 Å². The molecule has 4 aromatic rings. The molecule has 0 spiro atoms. The lowest BCUT2D eigenvalue weighted by molar-refractivity contribution is -0.127. The summed E-state index contributed by atoms with van der Waals surface area (Å²) in [5, 5.41) is 2.52. The average Bonchev–Trinajstić information content (AvgIpc) is 3.28. The monoisotopic (exact) mass is 369 g/mol. The lowest BCUT2D eigenvalue weighted by atomic mass is 10.0. The summed E-state index contributed by atoms with van der Waals surface area (Å²) in [7, 11) is 0. The second kappa shape index (κ2) is 6.79. The number of likely N-dealkylation sites (N-methyl/N-ethyl adjacent to an activating group) is 1. The van der Waals surface area contributed by atoms with Gasteiger partial charge in [-0.05, 0) is 35.4 Å². The maximum Gasteiger partial charge on any atom is 0.223 e. The molecule has 1 aliphatic heterocycles. The Morgan fingerprint density at radius 2 is 1.79 bits per heavy atom. The van der Waals surface area contributed by atoms with E-state index in [0.29, 0.717) is 6.42 Å². The summed E-state index contributed by atoms with van der Waals surface area (Å²) in [5.74, 6) is 1.41. The Balaban J connectivity index is 1.63. The number of fused-ring (bicyclic) bond motifs is 2. The molecule has 1 unspecified atom stereocenters. The summed E-state index contributed by atoms with van der Waals surface area (Å²) in [4.78, 5) is 19.2. The van der Waals surface area contributed by atoms with Crippen molar-refractivity contribution >= 4 is 27.7 Å². The van der Waals surface area contributed by atoms with Crippen molar-refractivity contribution in [2.45, 2.75) is 25.8 Å². The van der Waals surface area contributed by atoms with E-state index in [1.54, 1.807) is 0 Å². The number of hydrogen-bond acceptors (Lipinski definition) is 2. The van der Waals surface area contributed by atoms with Gasteiger partial charge in [0.15, 0.2) is 0 Å². The second-order valence-corrected chi connectivity index (χ2v) is 7.52. The molecule has 140 valence electrons. The van der Waals surface area contributed by atoms with Crippen LogP contribution in [0.5, 0.6) is 0 Å². The van der Waals surface area contributed by atoms with Gasteiger partial charge < -0.3 is 9.47 Å². The number of rotatable bonds is 4. The van der Waals surface area contributed by atoms with Crippen molar-refractivity contribution in [3.8, 4) is 0 Å². The molecule has 28 heavy (non-hydrogen) atoms. The second-order valence-electron chi connectivity index (χ2n) is 7.52. The first-order chi connectivity index (χ1) is 13.7. The highest BCUT2D eigenvalue weighted by molar-refractivity contribution is 5.86. The molecule has 0 bridgehead atoms. The number of hydrogen-bond donors (Lipinski definition) is 0. The van der Waals surface area contributed by atoms with Gasteiger partial charge >= 0.3 is 0 Å². The van der Waals surface area contributed by atoms with E-state index in [0.717, 1.165) is 36.5 Å². The Labute approximate surface area is 164 Å².